The van der Waals surface area contributed by atoms with Gasteiger partial charge in [-0.3, -0.25) is 0 Å². The van der Waals surface area contributed by atoms with Crippen molar-refractivity contribution in [3.05, 3.63) is 12.0 Å². The Bertz CT molecular complexity index is 286. The summed E-state index contributed by atoms with van der Waals surface area (Å²) in [5.74, 6) is -2.81. The SMILES string of the molecule is Fc1[c]nn(C(F)F)c1OC(F)F. The van der Waals surface area contributed by atoms with Crippen LogP contribution in [0, 0.1) is 12.0 Å². The van der Waals surface area contributed by atoms with Crippen LogP contribution < -0.4 is 4.74 Å². The molecule has 13 heavy (non-hydrogen) atoms. The van der Waals surface area contributed by atoms with Gasteiger partial charge in [0.05, 0.1) is 0 Å². The minimum absolute atomic E-state index is 0.332. The van der Waals surface area contributed by atoms with E-state index in [4.69, 9.17) is 0 Å². The number of ether oxygens (including phenoxy) is 1. The van der Waals surface area contributed by atoms with Crippen molar-refractivity contribution < 1.29 is 26.7 Å². The third-order valence-corrected chi connectivity index (χ3v) is 1.04. The molecule has 0 aliphatic heterocycles. The zero-order valence-electron chi connectivity index (χ0n) is 5.85. The minimum atomic E-state index is -3.39. The van der Waals surface area contributed by atoms with Crippen LogP contribution in [-0.4, -0.2) is 16.4 Å². The second-order valence-electron chi connectivity index (χ2n) is 1.83. The Labute approximate surface area is 68.7 Å². The second kappa shape index (κ2) is 3.58. The smallest absolute Gasteiger partial charge is 0.388 e. The number of hydrogen-bond donors (Lipinski definition) is 0. The molecule has 0 amide bonds. The maximum atomic E-state index is 12.4. The fraction of sp³-hybridized carbons (Fsp3) is 0.400. The number of rotatable bonds is 3. The summed E-state index contributed by atoms with van der Waals surface area (Å²) in [7, 11) is 0. The van der Waals surface area contributed by atoms with Gasteiger partial charge in [-0.05, 0) is 0 Å². The summed E-state index contributed by atoms with van der Waals surface area (Å²) in [5, 5.41) is 2.68. The molecule has 0 saturated carbocycles. The summed E-state index contributed by atoms with van der Waals surface area (Å²) in [5.41, 5.74) is 0. The van der Waals surface area contributed by atoms with Gasteiger partial charge < -0.3 is 4.74 Å². The molecule has 1 heterocycles. The van der Waals surface area contributed by atoms with Gasteiger partial charge in [-0.1, -0.05) is 0 Å². The lowest BCUT2D eigenvalue weighted by Gasteiger charge is -2.06. The zero-order chi connectivity index (χ0) is 10.0. The highest BCUT2D eigenvalue weighted by Crippen LogP contribution is 2.23. The van der Waals surface area contributed by atoms with Crippen LogP contribution in [0.15, 0.2) is 0 Å². The van der Waals surface area contributed by atoms with Crippen molar-refractivity contribution in [1.29, 1.82) is 0 Å². The third kappa shape index (κ3) is 2.07. The van der Waals surface area contributed by atoms with E-state index in [1.807, 2.05) is 0 Å². The lowest BCUT2D eigenvalue weighted by Crippen LogP contribution is -2.10. The molecule has 0 aliphatic rings. The monoisotopic (exact) mass is 201 g/mol. The van der Waals surface area contributed by atoms with Crippen LogP contribution >= 0.6 is 0 Å². The van der Waals surface area contributed by atoms with Crippen LogP contribution in [0.1, 0.15) is 6.55 Å². The number of halogens is 5. The van der Waals surface area contributed by atoms with Gasteiger partial charge >= 0.3 is 13.2 Å². The number of alkyl halides is 4. The van der Waals surface area contributed by atoms with Crippen LogP contribution in [0.3, 0.4) is 0 Å². The molecule has 1 radical (unpaired) electrons. The molecule has 0 fully saturated rings. The maximum Gasteiger partial charge on any atom is 0.388 e. The van der Waals surface area contributed by atoms with Crippen LogP contribution in [-0.2, 0) is 0 Å². The summed E-state index contributed by atoms with van der Waals surface area (Å²) in [6.45, 7) is -6.65. The van der Waals surface area contributed by atoms with Crippen LogP contribution in [0.25, 0.3) is 0 Å². The normalized spacial score (nSPS) is 11.3. The highest BCUT2D eigenvalue weighted by Gasteiger charge is 2.21. The molecule has 3 nitrogen and oxygen atoms in total. The van der Waals surface area contributed by atoms with Crippen LogP contribution in [0.2, 0.25) is 0 Å². The summed E-state index contributed by atoms with van der Waals surface area (Å²) in [6, 6.07) is 0. The van der Waals surface area contributed by atoms with E-state index in [-0.39, 0.29) is 4.68 Å². The van der Waals surface area contributed by atoms with E-state index in [9.17, 15) is 22.0 Å². The standard InChI is InChI=1S/C5H2F5N2O/c6-2-1-11-12(4(7)8)3(2)13-5(9)10/h4-5H. The molecule has 0 aliphatic carbocycles. The summed E-state index contributed by atoms with van der Waals surface area (Å²) in [4.78, 5) is 0. The second-order valence-corrected chi connectivity index (χ2v) is 1.83. The van der Waals surface area contributed by atoms with Gasteiger partial charge in [0.15, 0.2) is 6.20 Å². The Morgan fingerprint density at radius 2 is 1.92 bits per heavy atom. The molecule has 0 bridgehead atoms. The van der Waals surface area contributed by atoms with Gasteiger partial charge in [0.25, 0.3) is 5.88 Å². The third-order valence-electron chi connectivity index (χ3n) is 1.04. The topological polar surface area (TPSA) is 27.1 Å². The summed E-state index contributed by atoms with van der Waals surface area (Å²) < 4.78 is 62.4. The first kappa shape index (κ1) is 9.75. The van der Waals surface area contributed by atoms with Crippen molar-refractivity contribution in [3.8, 4) is 5.88 Å². The lowest BCUT2D eigenvalue weighted by atomic mass is 10.6. The molecule has 1 rings (SSSR count). The Hall–Kier alpha value is -1.34. The molecular formula is C5H2F5N2O. The molecule has 0 aromatic carbocycles. The van der Waals surface area contributed by atoms with Crippen molar-refractivity contribution in [2.75, 3.05) is 0 Å². The number of nitrogens with zero attached hydrogens (tertiary/aromatic N) is 2. The molecule has 0 unspecified atom stereocenters. The first-order chi connectivity index (χ1) is 6.02. The maximum absolute atomic E-state index is 12.4. The molecule has 0 N–H and O–H groups in total. The largest absolute Gasteiger partial charge is 0.414 e. The van der Waals surface area contributed by atoms with E-state index in [1.54, 1.807) is 0 Å². The quantitative estimate of drug-likeness (QED) is 0.697. The number of aromatic nitrogens is 2. The molecule has 1 aromatic heterocycles. The molecule has 0 atom stereocenters. The molecule has 73 valence electrons. The van der Waals surface area contributed by atoms with Gasteiger partial charge in [0.2, 0.25) is 5.82 Å². The average Bonchev–Trinajstić information content (AvgIpc) is 2.32. The summed E-state index contributed by atoms with van der Waals surface area (Å²) in [6.07, 6.45) is 1.43. The lowest BCUT2D eigenvalue weighted by molar-refractivity contribution is -0.0669. The van der Waals surface area contributed by atoms with E-state index in [0.29, 0.717) is 0 Å². The Morgan fingerprint density at radius 1 is 1.31 bits per heavy atom. The highest BCUT2D eigenvalue weighted by molar-refractivity contribution is 5.10. The highest BCUT2D eigenvalue weighted by atomic mass is 19.3. The fourth-order valence-corrected chi connectivity index (χ4v) is 0.614. The minimum Gasteiger partial charge on any atom is -0.414 e. The number of hydrogen-bond acceptors (Lipinski definition) is 2. The Kier molecular flexibility index (Phi) is 2.69. The van der Waals surface area contributed by atoms with Gasteiger partial charge in [-0.25, -0.2) is 0 Å². The Balaban J connectivity index is 2.94. The first-order valence-corrected chi connectivity index (χ1v) is 2.91. The molecule has 0 spiro atoms. The van der Waals surface area contributed by atoms with E-state index < -0.39 is 24.9 Å². The van der Waals surface area contributed by atoms with Crippen molar-refractivity contribution in [2.24, 2.45) is 0 Å². The van der Waals surface area contributed by atoms with Gasteiger partial charge in [0, 0.05) is 0 Å². The molecule has 8 heteroatoms. The van der Waals surface area contributed by atoms with E-state index in [1.165, 1.54) is 6.20 Å². The van der Waals surface area contributed by atoms with Gasteiger partial charge in [-0.2, -0.15) is 31.7 Å². The van der Waals surface area contributed by atoms with Crippen molar-refractivity contribution in [3.63, 3.8) is 0 Å². The molecular weight excluding hydrogens is 199 g/mol. The van der Waals surface area contributed by atoms with Crippen LogP contribution in [0.5, 0.6) is 5.88 Å². The first-order valence-electron chi connectivity index (χ1n) is 2.91. The molecule has 0 saturated heterocycles. The van der Waals surface area contributed by atoms with Gasteiger partial charge in [0.1, 0.15) is 0 Å². The molecule has 1 aromatic rings. The van der Waals surface area contributed by atoms with E-state index >= 15 is 0 Å². The van der Waals surface area contributed by atoms with E-state index in [0.717, 1.165) is 0 Å². The predicted octanol–water partition coefficient (Wildman–Crippen LogP) is 1.82. The van der Waals surface area contributed by atoms with Crippen molar-refractivity contribution in [2.45, 2.75) is 13.2 Å². The zero-order valence-corrected chi connectivity index (χ0v) is 5.85. The van der Waals surface area contributed by atoms with E-state index in [2.05, 4.69) is 9.84 Å². The van der Waals surface area contributed by atoms with Crippen molar-refractivity contribution in [1.82, 2.24) is 9.78 Å². The van der Waals surface area contributed by atoms with Crippen molar-refractivity contribution >= 4 is 0 Å². The Morgan fingerprint density at radius 3 is 2.38 bits per heavy atom. The van der Waals surface area contributed by atoms with Crippen LogP contribution in [0.4, 0.5) is 22.0 Å². The predicted molar refractivity (Wildman–Crippen MR) is 28.9 cm³/mol. The summed E-state index contributed by atoms with van der Waals surface area (Å²) >= 11 is 0. The van der Waals surface area contributed by atoms with Gasteiger partial charge in [-0.15, -0.1) is 0 Å². The average molecular weight is 201 g/mol. The fourth-order valence-electron chi connectivity index (χ4n) is 0.614.